The van der Waals surface area contributed by atoms with Crippen LogP contribution in [0.25, 0.3) is 0 Å². The number of benzene rings is 1. The van der Waals surface area contributed by atoms with E-state index in [1.807, 2.05) is 41.9 Å². The molecule has 0 bridgehead atoms. The maximum Gasteiger partial charge on any atom is 0.191 e. The molecule has 0 fully saturated rings. The Morgan fingerprint density at radius 3 is 2.74 bits per heavy atom. The zero-order chi connectivity index (χ0) is 13.5. The van der Waals surface area contributed by atoms with Crippen LogP contribution in [-0.4, -0.2) is 20.5 Å². The van der Waals surface area contributed by atoms with Crippen molar-refractivity contribution >= 4 is 11.8 Å². The number of ether oxygens (including phenoxy) is 1. The van der Waals surface area contributed by atoms with E-state index in [0.717, 1.165) is 22.5 Å². The molecule has 0 aliphatic heterocycles. The predicted octanol–water partition coefficient (Wildman–Crippen LogP) is 3.29. The summed E-state index contributed by atoms with van der Waals surface area (Å²) in [4.78, 5) is 0. The molecule has 0 N–H and O–H groups in total. The Balaban J connectivity index is 1.90. The van der Waals surface area contributed by atoms with Gasteiger partial charge in [-0.3, -0.25) is 0 Å². The van der Waals surface area contributed by atoms with E-state index in [4.69, 9.17) is 4.74 Å². The Morgan fingerprint density at radius 1 is 1.21 bits per heavy atom. The lowest BCUT2D eigenvalue weighted by Crippen LogP contribution is -2.04. The van der Waals surface area contributed by atoms with E-state index >= 15 is 0 Å². The van der Waals surface area contributed by atoms with Crippen molar-refractivity contribution < 1.29 is 4.74 Å². The number of rotatable bonds is 7. The molecular weight excluding hydrogens is 258 g/mol. The van der Waals surface area contributed by atoms with E-state index in [1.165, 1.54) is 12.8 Å². The molecule has 0 amide bonds. The molecule has 2 aromatic rings. The second kappa shape index (κ2) is 7.19. The van der Waals surface area contributed by atoms with Gasteiger partial charge < -0.3 is 9.30 Å². The first-order chi connectivity index (χ1) is 9.31. The van der Waals surface area contributed by atoms with Crippen LogP contribution >= 0.6 is 11.8 Å². The van der Waals surface area contributed by atoms with Crippen molar-refractivity contribution in [2.75, 3.05) is 5.75 Å². The van der Waals surface area contributed by atoms with E-state index in [9.17, 15) is 0 Å². The van der Waals surface area contributed by atoms with Crippen LogP contribution in [0.1, 0.15) is 25.6 Å². The Hall–Kier alpha value is -1.49. The summed E-state index contributed by atoms with van der Waals surface area (Å²) < 4.78 is 7.68. The summed E-state index contributed by atoms with van der Waals surface area (Å²) in [5, 5.41) is 9.33. The highest BCUT2D eigenvalue weighted by Crippen LogP contribution is 2.18. The van der Waals surface area contributed by atoms with E-state index < -0.39 is 0 Å². The van der Waals surface area contributed by atoms with Crippen molar-refractivity contribution in [3.8, 4) is 5.75 Å². The molecule has 0 aliphatic carbocycles. The van der Waals surface area contributed by atoms with Crippen molar-refractivity contribution in [3.05, 3.63) is 36.2 Å². The molecule has 5 heteroatoms. The first-order valence-corrected chi connectivity index (χ1v) is 7.48. The Morgan fingerprint density at radius 2 is 2.00 bits per heavy atom. The largest absolute Gasteiger partial charge is 0.486 e. The molecule has 19 heavy (non-hydrogen) atoms. The van der Waals surface area contributed by atoms with Gasteiger partial charge in [-0.05, 0) is 18.6 Å². The Labute approximate surface area is 118 Å². The summed E-state index contributed by atoms with van der Waals surface area (Å²) >= 11 is 1.75. The number of thioether (sulfide) groups is 1. The van der Waals surface area contributed by atoms with E-state index in [-0.39, 0.29) is 0 Å². The number of nitrogens with zero attached hydrogens (tertiary/aromatic N) is 3. The molecular formula is C14H19N3OS. The number of para-hydroxylation sites is 1. The van der Waals surface area contributed by atoms with Gasteiger partial charge in [0.05, 0.1) is 0 Å². The van der Waals surface area contributed by atoms with E-state index in [0.29, 0.717) is 6.61 Å². The highest BCUT2D eigenvalue weighted by molar-refractivity contribution is 7.99. The molecule has 0 aliphatic rings. The van der Waals surface area contributed by atoms with Crippen LogP contribution in [-0.2, 0) is 13.7 Å². The second-order valence-corrected chi connectivity index (χ2v) is 5.32. The first kappa shape index (κ1) is 13.9. The SMILES string of the molecule is CCCCSc1nnc(COc2ccccc2)n1C. The van der Waals surface area contributed by atoms with Crippen LogP contribution in [0.2, 0.25) is 0 Å². The van der Waals surface area contributed by atoms with Gasteiger partial charge in [0.1, 0.15) is 12.4 Å². The summed E-state index contributed by atoms with van der Waals surface area (Å²) in [5.74, 6) is 2.79. The van der Waals surface area contributed by atoms with Gasteiger partial charge in [-0.2, -0.15) is 0 Å². The number of aromatic nitrogens is 3. The quantitative estimate of drug-likeness (QED) is 0.575. The van der Waals surface area contributed by atoms with E-state index in [2.05, 4.69) is 17.1 Å². The zero-order valence-corrected chi connectivity index (χ0v) is 12.2. The van der Waals surface area contributed by atoms with Gasteiger partial charge in [0.15, 0.2) is 11.0 Å². The summed E-state index contributed by atoms with van der Waals surface area (Å²) in [6, 6.07) is 9.76. The van der Waals surface area contributed by atoms with Crippen molar-refractivity contribution in [3.63, 3.8) is 0 Å². The molecule has 2 rings (SSSR count). The average Bonchev–Trinajstić information content (AvgIpc) is 2.79. The molecule has 4 nitrogen and oxygen atoms in total. The molecule has 0 saturated heterocycles. The van der Waals surface area contributed by atoms with Crippen LogP contribution in [0, 0.1) is 0 Å². The third-order valence-electron chi connectivity index (χ3n) is 2.77. The number of hydrogen-bond donors (Lipinski definition) is 0. The Bertz CT molecular complexity index is 499. The van der Waals surface area contributed by atoms with Gasteiger partial charge >= 0.3 is 0 Å². The highest BCUT2D eigenvalue weighted by atomic mass is 32.2. The minimum atomic E-state index is 0.446. The van der Waals surface area contributed by atoms with Gasteiger partial charge in [-0.1, -0.05) is 43.3 Å². The monoisotopic (exact) mass is 277 g/mol. The highest BCUT2D eigenvalue weighted by Gasteiger charge is 2.09. The normalized spacial score (nSPS) is 10.6. The Kier molecular flexibility index (Phi) is 5.27. The van der Waals surface area contributed by atoms with E-state index in [1.54, 1.807) is 11.8 Å². The van der Waals surface area contributed by atoms with Crippen molar-refractivity contribution in [1.82, 2.24) is 14.8 Å². The summed E-state index contributed by atoms with van der Waals surface area (Å²) in [7, 11) is 1.98. The molecule has 0 spiro atoms. The van der Waals surface area contributed by atoms with Crippen molar-refractivity contribution in [2.24, 2.45) is 7.05 Å². The zero-order valence-electron chi connectivity index (χ0n) is 11.4. The molecule has 1 aromatic heterocycles. The third kappa shape index (κ3) is 3.99. The maximum atomic E-state index is 5.68. The van der Waals surface area contributed by atoms with Crippen LogP contribution in [0.15, 0.2) is 35.5 Å². The summed E-state index contributed by atoms with van der Waals surface area (Å²) in [6.45, 7) is 2.64. The molecule has 1 heterocycles. The topological polar surface area (TPSA) is 39.9 Å². The third-order valence-corrected chi connectivity index (χ3v) is 3.87. The smallest absolute Gasteiger partial charge is 0.191 e. The average molecular weight is 277 g/mol. The summed E-state index contributed by atoms with van der Waals surface area (Å²) in [5.41, 5.74) is 0. The molecule has 0 atom stereocenters. The van der Waals surface area contributed by atoms with Gasteiger partial charge in [0, 0.05) is 12.8 Å². The first-order valence-electron chi connectivity index (χ1n) is 6.50. The molecule has 0 unspecified atom stereocenters. The van der Waals surface area contributed by atoms with Gasteiger partial charge in [-0.15, -0.1) is 10.2 Å². The minimum absolute atomic E-state index is 0.446. The minimum Gasteiger partial charge on any atom is -0.486 e. The number of hydrogen-bond acceptors (Lipinski definition) is 4. The van der Waals surface area contributed by atoms with Crippen LogP contribution in [0.5, 0.6) is 5.75 Å². The van der Waals surface area contributed by atoms with Crippen LogP contribution in [0.4, 0.5) is 0 Å². The van der Waals surface area contributed by atoms with Gasteiger partial charge in [0.25, 0.3) is 0 Å². The van der Waals surface area contributed by atoms with Gasteiger partial charge in [-0.25, -0.2) is 0 Å². The van der Waals surface area contributed by atoms with Gasteiger partial charge in [0.2, 0.25) is 0 Å². The fourth-order valence-corrected chi connectivity index (χ4v) is 2.58. The maximum absolute atomic E-state index is 5.68. The van der Waals surface area contributed by atoms with Crippen LogP contribution in [0.3, 0.4) is 0 Å². The lowest BCUT2D eigenvalue weighted by Gasteiger charge is -2.06. The lowest BCUT2D eigenvalue weighted by molar-refractivity contribution is 0.290. The van der Waals surface area contributed by atoms with Crippen LogP contribution < -0.4 is 4.74 Å². The molecule has 102 valence electrons. The standard InChI is InChI=1S/C14H19N3OS/c1-3-4-10-19-14-16-15-13(17(14)2)11-18-12-8-6-5-7-9-12/h5-9H,3-4,10-11H2,1-2H3. The number of unbranched alkanes of at least 4 members (excludes halogenated alkanes) is 1. The molecule has 0 saturated carbocycles. The summed E-state index contributed by atoms with van der Waals surface area (Å²) in [6.07, 6.45) is 2.40. The van der Waals surface area contributed by atoms with Crippen molar-refractivity contribution in [1.29, 1.82) is 0 Å². The van der Waals surface area contributed by atoms with Crippen molar-refractivity contribution in [2.45, 2.75) is 31.5 Å². The lowest BCUT2D eigenvalue weighted by atomic mass is 10.3. The molecule has 0 radical (unpaired) electrons. The predicted molar refractivity (Wildman–Crippen MR) is 77.4 cm³/mol. The molecule has 1 aromatic carbocycles. The fraction of sp³-hybridized carbons (Fsp3) is 0.429. The fourth-order valence-electron chi connectivity index (χ4n) is 1.57. The second-order valence-electron chi connectivity index (χ2n) is 4.26.